The number of carbonyl (C=O) groups excluding carboxylic acids is 1. The van der Waals surface area contributed by atoms with Crippen LogP contribution in [-0.2, 0) is 19.1 Å². The van der Waals surface area contributed by atoms with Gasteiger partial charge in [-0.15, -0.1) is 0 Å². The predicted octanol–water partition coefficient (Wildman–Crippen LogP) is 2.24. The van der Waals surface area contributed by atoms with Gasteiger partial charge in [0, 0.05) is 5.92 Å². The highest BCUT2D eigenvalue weighted by molar-refractivity contribution is 5.78. The van der Waals surface area contributed by atoms with Crippen molar-refractivity contribution >= 4 is 18.4 Å². The minimum atomic E-state index is -0.963. The van der Waals surface area contributed by atoms with Gasteiger partial charge in [0.25, 0.3) is 6.47 Å². The molecule has 0 aliphatic heterocycles. The summed E-state index contributed by atoms with van der Waals surface area (Å²) < 4.78 is 4.81. The van der Waals surface area contributed by atoms with Gasteiger partial charge >= 0.3 is 11.9 Å². The van der Waals surface area contributed by atoms with E-state index in [-0.39, 0.29) is 30.8 Å². The summed E-state index contributed by atoms with van der Waals surface area (Å²) in [5, 5.41) is 18.6. The van der Waals surface area contributed by atoms with Gasteiger partial charge in [0.05, 0.1) is 18.9 Å². The second kappa shape index (κ2) is 7.26. The molecule has 0 spiro atoms. The lowest BCUT2D eigenvalue weighted by Gasteiger charge is -2.37. The third-order valence-corrected chi connectivity index (χ3v) is 4.58. The van der Waals surface area contributed by atoms with Crippen molar-refractivity contribution in [2.45, 2.75) is 31.6 Å². The first-order chi connectivity index (χ1) is 11.0. The van der Waals surface area contributed by atoms with Gasteiger partial charge in [-0.05, 0) is 29.4 Å². The highest BCUT2D eigenvalue weighted by Crippen LogP contribution is 2.46. The van der Waals surface area contributed by atoms with Crippen molar-refractivity contribution in [1.82, 2.24) is 0 Å². The number of carboxylic acid groups (broad SMARTS) is 2. The zero-order valence-electron chi connectivity index (χ0n) is 12.8. The van der Waals surface area contributed by atoms with Crippen LogP contribution >= 0.6 is 0 Å². The van der Waals surface area contributed by atoms with E-state index in [1.165, 1.54) is 0 Å². The molecule has 1 aromatic carbocycles. The van der Waals surface area contributed by atoms with Crippen molar-refractivity contribution in [3.05, 3.63) is 35.4 Å². The number of fused-ring (bicyclic) bond motifs is 1. The lowest BCUT2D eigenvalue weighted by molar-refractivity contribution is -0.142. The van der Waals surface area contributed by atoms with E-state index in [0.717, 1.165) is 11.1 Å². The molecule has 1 aliphatic rings. The van der Waals surface area contributed by atoms with Gasteiger partial charge in [-0.1, -0.05) is 31.2 Å². The molecule has 6 nitrogen and oxygen atoms in total. The Morgan fingerprint density at radius 2 is 1.96 bits per heavy atom. The van der Waals surface area contributed by atoms with E-state index in [4.69, 9.17) is 9.84 Å². The van der Waals surface area contributed by atoms with Crippen LogP contribution in [0.3, 0.4) is 0 Å². The van der Waals surface area contributed by atoms with E-state index in [0.29, 0.717) is 12.9 Å². The molecule has 23 heavy (non-hydrogen) atoms. The lowest BCUT2D eigenvalue weighted by Crippen LogP contribution is -2.32. The standard InChI is InChI=1S/C17H20O6/c1-10-6-14(11(7-15(19)20)8-23-9-18)12-4-2-3-5-13(12)16(10)17(21)22/h2-5,9-11,14,16H,6-8H2,1H3,(H,19,20)(H,21,22). The fourth-order valence-electron chi connectivity index (χ4n) is 3.63. The Balaban J connectivity index is 2.40. The molecule has 0 saturated heterocycles. The van der Waals surface area contributed by atoms with Crippen molar-refractivity contribution in [3.8, 4) is 0 Å². The van der Waals surface area contributed by atoms with Crippen LogP contribution in [-0.4, -0.2) is 35.2 Å². The van der Waals surface area contributed by atoms with Gasteiger partial charge < -0.3 is 14.9 Å². The van der Waals surface area contributed by atoms with Crippen LogP contribution in [0.5, 0.6) is 0 Å². The monoisotopic (exact) mass is 320 g/mol. The van der Waals surface area contributed by atoms with Crippen LogP contribution in [0.25, 0.3) is 0 Å². The lowest BCUT2D eigenvalue weighted by atomic mass is 9.66. The van der Waals surface area contributed by atoms with E-state index in [1.807, 2.05) is 19.1 Å². The number of hydrogen-bond acceptors (Lipinski definition) is 4. The topological polar surface area (TPSA) is 101 Å². The normalized spacial score (nSPS) is 24.3. The number of rotatable bonds is 7. The second-order valence-corrected chi connectivity index (χ2v) is 6.05. The molecule has 0 bridgehead atoms. The smallest absolute Gasteiger partial charge is 0.311 e. The second-order valence-electron chi connectivity index (χ2n) is 6.05. The molecule has 0 aromatic heterocycles. The first kappa shape index (κ1) is 17.0. The van der Waals surface area contributed by atoms with Crippen LogP contribution in [0.15, 0.2) is 24.3 Å². The highest BCUT2D eigenvalue weighted by Gasteiger charge is 2.40. The maximum atomic E-state index is 11.6. The summed E-state index contributed by atoms with van der Waals surface area (Å²) in [5.41, 5.74) is 1.57. The molecule has 0 radical (unpaired) electrons. The predicted molar refractivity (Wildman–Crippen MR) is 81.1 cm³/mol. The zero-order valence-corrected chi connectivity index (χ0v) is 12.8. The minimum absolute atomic E-state index is 0.0132. The molecule has 0 saturated carbocycles. The van der Waals surface area contributed by atoms with E-state index in [1.54, 1.807) is 12.1 Å². The first-order valence-corrected chi connectivity index (χ1v) is 7.54. The van der Waals surface area contributed by atoms with Gasteiger partial charge in [0.15, 0.2) is 0 Å². The number of carbonyl (C=O) groups is 3. The van der Waals surface area contributed by atoms with Crippen LogP contribution in [0.4, 0.5) is 0 Å². The van der Waals surface area contributed by atoms with Crippen molar-refractivity contribution in [2.24, 2.45) is 11.8 Å². The van der Waals surface area contributed by atoms with Gasteiger partial charge in [0.2, 0.25) is 0 Å². The maximum Gasteiger partial charge on any atom is 0.311 e. The van der Waals surface area contributed by atoms with Crippen molar-refractivity contribution in [3.63, 3.8) is 0 Å². The molecule has 4 atom stereocenters. The average Bonchev–Trinajstić information content (AvgIpc) is 2.49. The minimum Gasteiger partial charge on any atom is -0.481 e. The SMILES string of the molecule is CC1CC(C(COC=O)CC(=O)O)c2ccccc2C1C(=O)O. The molecule has 124 valence electrons. The molecule has 2 rings (SSSR count). The van der Waals surface area contributed by atoms with Crippen molar-refractivity contribution in [1.29, 1.82) is 0 Å². The zero-order chi connectivity index (χ0) is 17.0. The van der Waals surface area contributed by atoms with E-state index >= 15 is 0 Å². The molecule has 0 heterocycles. The molecule has 1 aromatic rings. The van der Waals surface area contributed by atoms with Crippen LogP contribution in [0.1, 0.15) is 42.7 Å². The largest absolute Gasteiger partial charge is 0.481 e. The molecular formula is C17H20O6. The van der Waals surface area contributed by atoms with Crippen LogP contribution < -0.4 is 0 Å². The van der Waals surface area contributed by atoms with E-state index in [9.17, 15) is 19.5 Å². The third-order valence-electron chi connectivity index (χ3n) is 4.58. The molecule has 0 amide bonds. The Morgan fingerprint density at radius 3 is 2.52 bits per heavy atom. The maximum absolute atomic E-state index is 11.6. The summed E-state index contributed by atoms with van der Waals surface area (Å²) in [4.78, 5) is 33.2. The fourth-order valence-corrected chi connectivity index (χ4v) is 3.63. The summed E-state index contributed by atoms with van der Waals surface area (Å²) >= 11 is 0. The summed E-state index contributed by atoms with van der Waals surface area (Å²) in [5.74, 6) is -3.08. The quantitative estimate of drug-likeness (QED) is 0.747. The van der Waals surface area contributed by atoms with Crippen molar-refractivity contribution < 1.29 is 29.3 Å². The van der Waals surface area contributed by atoms with E-state index < -0.39 is 17.9 Å². The summed E-state index contributed by atoms with van der Waals surface area (Å²) in [6.45, 7) is 2.19. The van der Waals surface area contributed by atoms with Gasteiger partial charge in [-0.2, -0.15) is 0 Å². The number of hydrogen-bond donors (Lipinski definition) is 2. The van der Waals surface area contributed by atoms with Gasteiger partial charge in [-0.25, -0.2) is 0 Å². The van der Waals surface area contributed by atoms with Gasteiger partial charge in [-0.3, -0.25) is 14.4 Å². The number of aliphatic carboxylic acids is 2. The first-order valence-electron chi connectivity index (χ1n) is 7.54. The Labute approximate surface area is 134 Å². The van der Waals surface area contributed by atoms with Crippen LogP contribution in [0.2, 0.25) is 0 Å². The Kier molecular flexibility index (Phi) is 5.36. The fraction of sp³-hybridized carbons (Fsp3) is 0.471. The molecule has 2 N–H and O–H groups in total. The third kappa shape index (κ3) is 3.70. The number of ether oxygens (including phenoxy) is 1. The van der Waals surface area contributed by atoms with Crippen LogP contribution in [0, 0.1) is 11.8 Å². The van der Waals surface area contributed by atoms with Crippen molar-refractivity contribution in [2.75, 3.05) is 6.61 Å². The Morgan fingerprint density at radius 1 is 1.30 bits per heavy atom. The molecular weight excluding hydrogens is 300 g/mol. The summed E-state index contributed by atoms with van der Waals surface area (Å²) in [7, 11) is 0. The Bertz CT molecular complexity index is 597. The molecule has 4 unspecified atom stereocenters. The summed E-state index contributed by atoms with van der Waals surface area (Å²) in [6, 6.07) is 7.24. The molecule has 0 fully saturated rings. The van der Waals surface area contributed by atoms with Gasteiger partial charge in [0.1, 0.15) is 0 Å². The summed E-state index contributed by atoms with van der Waals surface area (Å²) in [6.07, 6.45) is 0.422. The number of carboxylic acids is 2. The average molecular weight is 320 g/mol. The highest BCUT2D eigenvalue weighted by atomic mass is 16.5. The Hall–Kier alpha value is -2.37. The van der Waals surface area contributed by atoms with E-state index in [2.05, 4.69) is 0 Å². The number of benzene rings is 1. The molecule has 6 heteroatoms. The molecule has 1 aliphatic carbocycles.